The molecule has 0 spiro atoms. The molecule has 0 atom stereocenters. The first kappa shape index (κ1) is 9.19. The highest BCUT2D eigenvalue weighted by Gasteiger charge is 2.24. The van der Waals surface area contributed by atoms with Gasteiger partial charge in [-0.15, -0.1) is 0 Å². The fraction of sp³-hybridized carbons (Fsp3) is 0.455. The van der Waals surface area contributed by atoms with Crippen molar-refractivity contribution < 1.29 is 9.59 Å². The number of fused-ring (bicyclic) bond motifs is 1. The van der Waals surface area contributed by atoms with E-state index in [4.69, 9.17) is 0 Å². The molecule has 0 unspecified atom stereocenters. The smallest absolute Gasteiger partial charge is 0.176 e. The first-order chi connectivity index (χ1) is 6.61. The monoisotopic (exact) mass is 191 g/mol. The number of ketones is 2. The van der Waals surface area contributed by atoms with Crippen LogP contribution in [0.2, 0.25) is 0 Å². The van der Waals surface area contributed by atoms with Gasteiger partial charge in [-0.05, 0) is 25.3 Å². The Kier molecular flexibility index (Phi) is 2.02. The minimum atomic E-state index is 0.00435. The Labute approximate surface area is 82.5 Å². The lowest BCUT2D eigenvalue weighted by molar-refractivity contribution is 0.0971. The van der Waals surface area contributed by atoms with Crippen molar-refractivity contribution in [3.05, 3.63) is 22.5 Å². The molecule has 1 aromatic heterocycles. The van der Waals surface area contributed by atoms with Crippen LogP contribution in [0, 0.1) is 6.92 Å². The fourth-order valence-corrected chi connectivity index (χ4v) is 2.13. The van der Waals surface area contributed by atoms with Crippen LogP contribution in [0.25, 0.3) is 0 Å². The molecule has 74 valence electrons. The summed E-state index contributed by atoms with van der Waals surface area (Å²) in [6.45, 7) is 3.37. The Morgan fingerprint density at radius 1 is 1.36 bits per heavy atom. The van der Waals surface area contributed by atoms with E-state index in [1.54, 1.807) is 0 Å². The zero-order valence-electron chi connectivity index (χ0n) is 8.44. The third kappa shape index (κ3) is 1.20. The highest BCUT2D eigenvalue weighted by atomic mass is 16.1. The maximum Gasteiger partial charge on any atom is 0.176 e. The number of rotatable bonds is 1. The van der Waals surface area contributed by atoms with Gasteiger partial charge in [-0.25, -0.2) is 0 Å². The number of aromatic nitrogens is 1. The van der Waals surface area contributed by atoms with Crippen LogP contribution < -0.4 is 0 Å². The number of Topliss-reactive ketones (excluding diaryl/α,β-unsaturated/α-hetero) is 2. The summed E-state index contributed by atoms with van der Waals surface area (Å²) in [6.07, 6.45) is 2.39. The molecule has 0 amide bonds. The van der Waals surface area contributed by atoms with E-state index in [2.05, 4.69) is 4.98 Å². The average molecular weight is 191 g/mol. The number of carbonyl (C=O) groups is 2. The molecule has 0 saturated carbocycles. The number of H-pyrrole nitrogens is 1. The van der Waals surface area contributed by atoms with E-state index < -0.39 is 0 Å². The normalized spacial score (nSPS) is 15.4. The minimum Gasteiger partial charge on any atom is -0.355 e. The zero-order chi connectivity index (χ0) is 10.3. The summed E-state index contributed by atoms with van der Waals surface area (Å²) in [5, 5.41) is 0. The molecule has 1 aliphatic rings. The molecule has 2 rings (SSSR count). The molecule has 3 nitrogen and oxygen atoms in total. The summed E-state index contributed by atoms with van der Waals surface area (Å²) in [7, 11) is 0. The van der Waals surface area contributed by atoms with Gasteiger partial charge in [0, 0.05) is 24.6 Å². The van der Waals surface area contributed by atoms with Crippen molar-refractivity contribution in [2.24, 2.45) is 0 Å². The van der Waals surface area contributed by atoms with Crippen molar-refractivity contribution in [2.75, 3.05) is 0 Å². The SMILES string of the molecule is CC(=O)c1[nH]c2c(c1C)C(=O)CCC2. The number of aromatic amines is 1. The van der Waals surface area contributed by atoms with E-state index >= 15 is 0 Å². The quantitative estimate of drug-likeness (QED) is 0.690. The topological polar surface area (TPSA) is 49.9 Å². The van der Waals surface area contributed by atoms with E-state index in [0.29, 0.717) is 12.1 Å². The van der Waals surface area contributed by atoms with E-state index in [9.17, 15) is 9.59 Å². The van der Waals surface area contributed by atoms with Crippen LogP contribution in [-0.4, -0.2) is 16.6 Å². The van der Waals surface area contributed by atoms with Crippen molar-refractivity contribution >= 4 is 11.6 Å². The van der Waals surface area contributed by atoms with E-state index in [1.807, 2.05) is 6.92 Å². The van der Waals surface area contributed by atoms with Crippen LogP contribution in [0.1, 0.15) is 51.9 Å². The molecule has 0 radical (unpaired) electrons. The van der Waals surface area contributed by atoms with Crippen molar-refractivity contribution in [3.8, 4) is 0 Å². The second-order valence-electron chi connectivity index (χ2n) is 3.81. The van der Waals surface area contributed by atoms with Gasteiger partial charge in [-0.3, -0.25) is 9.59 Å². The molecule has 3 heteroatoms. The second kappa shape index (κ2) is 3.08. The molecule has 1 N–H and O–H groups in total. The number of carbonyl (C=O) groups excluding carboxylic acids is 2. The standard InChI is InChI=1S/C11H13NO2/c1-6-10-8(4-3-5-9(10)14)12-11(6)7(2)13/h12H,3-5H2,1-2H3. The average Bonchev–Trinajstić information content (AvgIpc) is 2.45. The molecule has 0 saturated heterocycles. The largest absolute Gasteiger partial charge is 0.355 e. The van der Waals surface area contributed by atoms with Gasteiger partial charge in [0.2, 0.25) is 0 Å². The maximum atomic E-state index is 11.6. The summed E-state index contributed by atoms with van der Waals surface area (Å²) >= 11 is 0. The van der Waals surface area contributed by atoms with Crippen molar-refractivity contribution in [1.29, 1.82) is 0 Å². The molecule has 0 bridgehead atoms. The van der Waals surface area contributed by atoms with Crippen LogP contribution in [0.3, 0.4) is 0 Å². The van der Waals surface area contributed by atoms with Gasteiger partial charge < -0.3 is 4.98 Å². The molecule has 0 aromatic carbocycles. The lowest BCUT2D eigenvalue weighted by Crippen LogP contribution is -2.09. The van der Waals surface area contributed by atoms with Crippen molar-refractivity contribution in [3.63, 3.8) is 0 Å². The lowest BCUT2D eigenvalue weighted by Gasteiger charge is -2.09. The Bertz CT molecular complexity index is 415. The predicted octanol–water partition coefficient (Wildman–Crippen LogP) is 2.04. The Balaban J connectivity index is 2.60. The van der Waals surface area contributed by atoms with Gasteiger partial charge in [0.05, 0.1) is 5.69 Å². The number of aryl methyl sites for hydroxylation is 1. The minimum absolute atomic E-state index is 0.00435. The van der Waals surface area contributed by atoms with E-state index in [0.717, 1.165) is 29.7 Å². The van der Waals surface area contributed by atoms with Gasteiger partial charge in [0.15, 0.2) is 11.6 Å². The number of hydrogen-bond acceptors (Lipinski definition) is 2. The maximum absolute atomic E-state index is 11.6. The molecule has 1 aliphatic carbocycles. The summed E-state index contributed by atoms with van der Waals surface area (Å²) < 4.78 is 0. The lowest BCUT2D eigenvalue weighted by atomic mass is 9.93. The Hall–Kier alpha value is -1.38. The van der Waals surface area contributed by atoms with E-state index in [-0.39, 0.29) is 11.6 Å². The summed E-state index contributed by atoms with van der Waals surface area (Å²) in [5.74, 6) is 0.178. The predicted molar refractivity (Wildman–Crippen MR) is 52.8 cm³/mol. The van der Waals surface area contributed by atoms with Crippen LogP contribution in [0.15, 0.2) is 0 Å². The molecule has 0 fully saturated rings. The number of nitrogens with one attached hydrogen (secondary N) is 1. The first-order valence-electron chi connectivity index (χ1n) is 4.87. The molecule has 1 aromatic rings. The first-order valence-corrected chi connectivity index (χ1v) is 4.87. The highest BCUT2D eigenvalue weighted by Crippen LogP contribution is 2.26. The van der Waals surface area contributed by atoms with Crippen LogP contribution >= 0.6 is 0 Å². The van der Waals surface area contributed by atoms with Gasteiger partial charge in [-0.1, -0.05) is 0 Å². The van der Waals surface area contributed by atoms with E-state index in [1.165, 1.54) is 6.92 Å². The van der Waals surface area contributed by atoms with Crippen LogP contribution in [0.4, 0.5) is 0 Å². The second-order valence-corrected chi connectivity index (χ2v) is 3.81. The Morgan fingerprint density at radius 3 is 2.64 bits per heavy atom. The van der Waals surface area contributed by atoms with Gasteiger partial charge in [-0.2, -0.15) is 0 Å². The van der Waals surface area contributed by atoms with Gasteiger partial charge >= 0.3 is 0 Å². The fourth-order valence-electron chi connectivity index (χ4n) is 2.13. The third-order valence-electron chi connectivity index (χ3n) is 2.79. The van der Waals surface area contributed by atoms with Crippen molar-refractivity contribution in [1.82, 2.24) is 4.98 Å². The van der Waals surface area contributed by atoms with Crippen LogP contribution in [0.5, 0.6) is 0 Å². The Morgan fingerprint density at radius 2 is 2.07 bits per heavy atom. The molecular weight excluding hydrogens is 178 g/mol. The summed E-state index contributed by atoms with van der Waals surface area (Å²) in [4.78, 5) is 25.9. The molecule has 14 heavy (non-hydrogen) atoms. The third-order valence-corrected chi connectivity index (χ3v) is 2.79. The summed E-state index contributed by atoms with van der Waals surface area (Å²) in [5.41, 5.74) is 3.15. The van der Waals surface area contributed by atoms with Crippen LogP contribution in [-0.2, 0) is 6.42 Å². The zero-order valence-corrected chi connectivity index (χ0v) is 8.44. The number of hydrogen-bond donors (Lipinski definition) is 1. The molecular formula is C11H13NO2. The molecule has 0 aliphatic heterocycles. The summed E-state index contributed by atoms with van der Waals surface area (Å²) in [6, 6.07) is 0. The van der Waals surface area contributed by atoms with Crippen molar-refractivity contribution in [2.45, 2.75) is 33.1 Å². The van der Waals surface area contributed by atoms with Gasteiger partial charge in [0.25, 0.3) is 0 Å². The highest BCUT2D eigenvalue weighted by molar-refractivity contribution is 6.04. The molecule has 1 heterocycles. The van der Waals surface area contributed by atoms with Gasteiger partial charge in [0.1, 0.15) is 0 Å².